The van der Waals surface area contributed by atoms with Gasteiger partial charge in [0.2, 0.25) is 0 Å². The number of benzene rings is 4. The third-order valence-electron chi connectivity index (χ3n) is 4.72. The zero-order valence-electron chi connectivity index (χ0n) is 13.8. The first-order chi connectivity index (χ1) is 12.7. The van der Waals surface area contributed by atoms with E-state index in [9.17, 15) is 9.59 Å². The van der Waals surface area contributed by atoms with Crippen LogP contribution in [0.25, 0.3) is 42.0 Å². The first kappa shape index (κ1) is 15.1. The van der Waals surface area contributed by atoms with Gasteiger partial charge in [-0.3, -0.25) is 9.59 Å². The summed E-state index contributed by atoms with van der Waals surface area (Å²) < 4.78 is 7.05. The fourth-order valence-corrected chi connectivity index (χ4v) is 4.59. The number of methoxy groups -OCH3 is 1. The molecule has 126 valence electrons. The lowest BCUT2D eigenvalue weighted by atomic mass is 10.0. The first-order valence-corrected chi connectivity index (χ1v) is 8.97. The second-order valence-corrected chi connectivity index (χ2v) is 7.21. The molecular weight excluding hydrogens is 346 g/mol. The molecule has 5 aromatic rings. The number of nitrogens with one attached hydrogen (secondary N) is 1. The lowest BCUT2D eigenvalue weighted by molar-refractivity contribution is 0.415. The number of fused-ring (bicyclic) bond motifs is 5. The van der Waals surface area contributed by atoms with Crippen molar-refractivity contribution in [2.75, 3.05) is 7.11 Å². The Kier molecular flexibility index (Phi) is 3.14. The van der Waals surface area contributed by atoms with Crippen LogP contribution >= 0.6 is 11.3 Å². The third-order valence-corrected chi connectivity index (χ3v) is 5.90. The molecule has 0 saturated carbocycles. The SMILES string of the molecule is COc1ccc2[nH]c3ccc4c(=O)c5ccccc5c(=O)c4c3sc2c1. The van der Waals surface area contributed by atoms with E-state index < -0.39 is 0 Å². The van der Waals surface area contributed by atoms with Crippen LogP contribution in [0.5, 0.6) is 5.75 Å². The molecule has 1 aromatic heterocycles. The van der Waals surface area contributed by atoms with Gasteiger partial charge in [-0.1, -0.05) is 24.3 Å². The van der Waals surface area contributed by atoms with Crippen molar-refractivity contribution < 1.29 is 4.74 Å². The molecule has 0 fully saturated rings. The van der Waals surface area contributed by atoms with Crippen LogP contribution in [-0.2, 0) is 0 Å². The molecule has 26 heavy (non-hydrogen) atoms. The molecule has 5 heteroatoms. The van der Waals surface area contributed by atoms with E-state index >= 15 is 0 Å². The largest absolute Gasteiger partial charge is 0.497 e. The van der Waals surface area contributed by atoms with Crippen molar-refractivity contribution >= 4 is 53.3 Å². The minimum Gasteiger partial charge on any atom is -0.497 e. The minimum atomic E-state index is -0.104. The molecule has 1 N–H and O–H groups in total. The number of ether oxygens (including phenoxy) is 1. The molecule has 1 heterocycles. The predicted octanol–water partition coefficient (Wildman–Crippen LogP) is 4.42. The number of aromatic nitrogens is 1. The van der Waals surface area contributed by atoms with Crippen molar-refractivity contribution in [1.82, 2.24) is 4.98 Å². The summed E-state index contributed by atoms with van der Waals surface area (Å²) in [6.45, 7) is 0. The van der Waals surface area contributed by atoms with E-state index in [4.69, 9.17) is 4.74 Å². The predicted molar refractivity (Wildman–Crippen MR) is 108 cm³/mol. The third kappa shape index (κ3) is 2.01. The Hall–Kier alpha value is -3.18. The topological polar surface area (TPSA) is 59.2 Å². The molecule has 0 radical (unpaired) electrons. The van der Waals surface area contributed by atoms with Crippen LogP contribution in [0.1, 0.15) is 0 Å². The molecule has 0 bridgehead atoms. The quantitative estimate of drug-likeness (QED) is 0.356. The highest BCUT2D eigenvalue weighted by Crippen LogP contribution is 2.32. The second-order valence-electron chi connectivity index (χ2n) is 6.16. The fourth-order valence-electron chi connectivity index (χ4n) is 3.43. The smallest absolute Gasteiger partial charge is 0.196 e. The molecule has 0 unspecified atom stereocenters. The number of aromatic amines is 1. The van der Waals surface area contributed by atoms with Crippen molar-refractivity contribution in [3.63, 3.8) is 0 Å². The lowest BCUT2D eigenvalue weighted by Gasteiger charge is -2.08. The molecule has 5 rings (SSSR count). The normalized spacial score (nSPS) is 11.6. The second kappa shape index (κ2) is 5.41. The van der Waals surface area contributed by atoms with E-state index in [1.165, 1.54) is 11.3 Å². The summed E-state index contributed by atoms with van der Waals surface area (Å²) in [6, 6.07) is 16.4. The van der Waals surface area contributed by atoms with Gasteiger partial charge in [-0.2, -0.15) is 0 Å². The van der Waals surface area contributed by atoms with Gasteiger partial charge < -0.3 is 9.72 Å². The van der Waals surface area contributed by atoms with Crippen molar-refractivity contribution in [3.05, 3.63) is 75.0 Å². The first-order valence-electron chi connectivity index (χ1n) is 8.15. The lowest BCUT2D eigenvalue weighted by Crippen LogP contribution is -2.12. The number of hydrogen-bond donors (Lipinski definition) is 1. The molecule has 0 aliphatic rings. The van der Waals surface area contributed by atoms with Crippen LogP contribution in [0.15, 0.2) is 64.2 Å². The molecule has 0 amide bonds. The van der Waals surface area contributed by atoms with E-state index in [1.54, 1.807) is 37.4 Å². The Morgan fingerprint density at radius 2 is 1.58 bits per heavy atom. The van der Waals surface area contributed by atoms with E-state index in [0.29, 0.717) is 21.5 Å². The monoisotopic (exact) mass is 359 g/mol. The average Bonchev–Trinajstić information content (AvgIpc) is 2.69. The summed E-state index contributed by atoms with van der Waals surface area (Å²) >= 11 is 1.49. The standard InChI is InChI=1S/C21H13NO3S/c1-25-11-6-8-15-17(10-11)26-21-16(22-15)9-7-14-18(21)20(24)13-5-3-2-4-12(13)19(14)23/h2-10,22H,1H3. The van der Waals surface area contributed by atoms with Crippen LogP contribution in [0, 0.1) is 0 Å². The zero-order chi connectivity index (χ0) is 17.8. The summed E-state index contributed by atoms with van der Waals surface area (Å²) in [6.07, 6.45) is 0. The minimum absolute atomic E-state index is 0.102. The zero-order valence-corrected chi connectivity index (χ0v) is 14.6. The van der Waals surface area contributed by atoms with Gasteiger partial charge in [0.05, 0.1) is 32.9 Å². The highest BCUT2D eigenvalue weighted by molar-refractivity contribution is 7.25. The van der Waals surface area contributed by atoms with Crippen LogP contribution in [0.4, 0.5) is 0 Å². The van der Waals surface area contributed by atoms with Crippen molar-refractivity contribution in [2.24, 2.45) is 0 Å². The molecule has 0 saturated heterocycles. The number of hydrogen-bond acceptors (Lipinski definition) is 4. The Bertz CT molecular complexity index is 1460. The molecule has 0 spiro atoms. The van der Waals surface area contributed by atoms with Gasteiger partial charge >= 0.3 is 0 Å². The molecule has 4 nitrogen and oxygen atoms in total. The highest BCUT2D eigenvalue weighted by atomic mass is 32.1. The van der Waals surface area contributed by atoms with Crippen molar-refractivity contribution in [3.8, 4) is 5.75 Å². The van der Waals surface area contributed by atoms with Crippen LogP contribution in [-0.4, -0.2) is 12.1 Å². The fraction of sp³-hybridized carbons (Fsp3) is 0.0476. The summed E-state index contributed by atoms with van der Waals surface area (Å²) in [5.41, 5.74) is 1.59. The van der Waals surface area contributed by atoms with Crippen LogP contribution in [0.3, 0.4) is 0 Å². The number of rotatable bonds is 1. The molecule has 0 aliphatic carbocycles. The van der Waals surface area contributed by atoms with Gasteiger partial charge in [0.25, 0.3) is 0 Å². The van der Waals surface area contributed by atoms with Crippen LogP contribution in [0.2, 0.25) is 0 Å². The van der Waals surface area contributed by atoms with E-state index in [-0.39, 0.29) is 10.9 Å². The Morgan fingerprint density at radius 1 is 0.846 bits per heavy atom. The highest BCUT2D eigenvalue weighted by Gasteiger charge is 2.14. The maximum Gasteiger partial charge on any atom is 0.196 e. The van der Waals surface area contributed by atoms with Gasteiger partial charge in [-0.25, -0.2) is 0 Å². The van der Waals surface area contributed by atoms with Gasteiger partial charge in [0.15, 0.2) is 10.9 Å². The van der Waals surface area contributed by atoms with Gasteiger partial charge in [-0.15, -0.1) is 11.3 Å². The van der Waals surface area contributed by atoms with E-state index in [0.717, 1.165) is 26.2 Å². The average molecular weight is 359 g/mol. The maximum absolute atomic E-state index is 13.1. The number of H-pyrrole nitrogens is 1. The Balaban J connectivity index is 2.05. The van der Waals surface area contributed by atoms with Gasteiger partial charge in [-0.05, 0) is 30.3 Å². The van der Waals surface area contributed by atoms with E-state index in [1.807, 2.05) is 24.3 Å². The van der Waals surface area contributed by atoms with Gasteiger partial charge in [0.1, 0.15) is 5.75 Å². The Morgan fingerprint density at radius 3 is 2.35 bits per heavy atom. The maximum atomic E-state index is 13.1. The van der Waals surface area contributed by atoms with E-state index in [2.05, 4.69) is 4.98 Å². The molecule has 0 aliphatic heterocycles. The Labute approximate surface area is 151 Å². The molecular formula is C21H13NO3S. The molecule has 4 aromatic carbocycles. The summed E-state index contributed by atoms with van der Waals surface area (Å²) in [7, 11) is 1.62. The van der Waals surface area contributed by atoms with Crippen molar-refractivity contribution in [1.29, 1.82) is 0 Å². The van der Waals surface area contributed by atoms with Gasteiger partial charge in [0, 0.05) is 16.2 Å². The summed E-state index contributed by atoms with van der Waals surface area (Å²) in [5.74, 6) is 0.749. The van der Waals surface area contributed by atoms with Crippen LogP contribution < -0.4 is 15.6 Å². The summed E-state index contributed by atoms with van der Waals surface area (Å²) in [4.78, 5) is 29.4. The van der Waals surface area contributed by atoms with Crippen molar-refractivity contribution in [2.45, 2.75) is 0 Å². The molecule has 0 atom stereocenters. The summed E-state index contributed by atoms with van der Waals surface area (Å²) in [5, 5.41) is 1.89.